The third kappa shape index (κ3) is 2.42. The van der Waals surface area contributed by atoms with Gasteiger partial charge in [-0.05, 0) is 37.8 Å². The van der Waals surface area contributed by atoms with Crippen molar-refractivity contribution in [1.29, 1.82) is 0 Å². The minimum Gasteiger partial charge on any atom is -0.464 e. The summed E-state index contributed by atoms with van der Waals surface area (Å²) in [4.78, 5) is 0. The van der Waals surface area contributed by atoms with Gasteiger partial charge < -0.3 is 9.73 Å². The van der Waals surface area contributed by atoms with E-state index < -0.39 is 0 Å². The highest BCUT2D eigenvalue weighted by Gasteiger charge is 2.28. The Bertz CT molecular complexity index is 537. The molecule has 0 bridgehead atoms. The zero-order valence-corrected chi connectivity index (χ0v) is 11.9. The van der Waals surface area contributed by atoms with Crippen molar-refractivity contribution >= 4 is 11.0 Å². The average Bonchev–Trinajstić information content (AvgIpc) is 2.86. The van der Waals surface area contributed by atoms with Crippen LogP contribution in [0.15, 0.2) is 34.9 Å². The molecule has 0 amide bonds. The Morgan fingerprint density at radius 2 is 1.89 bits per heavy atom. The van der Waals surface area contributed by atoms with Crippen LogP contribution < -0.4 is 5.32 Å². The smallest absolute Gasteiger partial charge is 0.134 e. The molecule has 3 rings (SSSR count). The summed E-state index contributed by atoms with van der Waals surface area (Å²) in [5, 5.41) is 4.79. The fraction of sp³-hybridized carbons (Fsp3) is 0.529. The zero-order valence-electron chi connectivity index (χ0n) is 11.9. The molecule has 1 N–H and O–H groups in total. The molecule has 2 aromatic rings. The van der Waals surface area contributed by atoms with E-state index in [1.54, 1.807) is 0 Å². The Morgan fingerprint density at radius 3 is 2.63 bits per heavy atom. The number of rotatable bonds is 3. The Morgan fingerprint density at radius 1 is 1.16 bits per heavy atom. The first kappa shape index (κ1) is 12.7. The highest BCUT2D eigenvalue weighted by Crippen LogP contribution is 2.39. The van der Waals surface area contributed by atoms with Gasteiger partial charge in [0.1, 0.15) is 5.58 Å². The lowest BCUT2D eigenvalue weighted by molar-refractivity contribution is 0.238. The molecule has 102 valence electrons. The van der Waals surface area contributed by atoms with Crippen molar-refractivity contribution in [2.45, 2.75) is 38.6 Å². The summed E-state index contributed by atoms with van der Waals surface area (Å²) < 4.78 is 5.70. The number of hydrogen-bond acceptors (Lipinski definition) is 2. The molecule has 2 nitrogen and oxygen atoms in total. The Hall–Kier alpha value is -1.28. The second-order valence-corrected chi connectivity index (χ2v) is 5.97. The number of benzene rings is 1. The Balaban J connectivity index is 1.89. The summed E-state index contributed by atoms with van der Waals surface area (Å²) in [6.45, 7) is 2.37. The lowest BCUT2D eigenvalue weighted by atomic mass is 9.77. The van der Waals surface area contributed by atoms with Gasteiger partial charge in [0.25, 0.3) is 0 Å². The fourth-order valence-corrected chi connectivity index (χ4v) is 3.50. The second-order valence-electron chi connectivity index (χ2n) is 5.97. The minimum atomic E-state index is 0.427. The molecule has 1 unspecified atom stereocenters. The number of hydrogen-bond donors (Lipinski definition) is 1. The van der Waals surface area contributed by atoms with Gasteiger partial charge in [0, 0.05) is 17.0 Å². The van der Waals surface area contributed by atoms with E-state index in [-0.39, 0.29) is 0 Å². The molecule has 1 aliphatic rings. The maximum Gasteiger partial charge on any atom is 0.134 e. The van der Waals surface area contributed by atoms with Gasteiger partial charge in [-0.25, -0.2) is 0 Å². The first-order chi connectivity index (χ1) is 9.29. The minimum absolute atomic E-state index is 0.427. The maximum atomic E-state index is 5.70. The maximum absolute atomic E-state index is 5.70. The van der Waals surface area contributed by atoms with Crippen LogP contribution in [0.2, 0.25) is 0 Å². The first-order valence-electron chi connectivity index (χ1n) is 7.43. The molecule has 1 aromatic carbocycles. The van der Waals surface area contributed by atoms with Crippen molar-refractivity contribution in [2.75, 3.05) is 7.05 Å². The van der Waals surface area contributed by atoms with Gasteiger partial charge in [0.2, 0.25) is 0 Å². The van der Waals surface area contributed by atoms with Gasteiger partial charge in [0.15, 0.2) is 0 Å². The van der Waals surface area contributed by atoms with Crippen LogP contribution in [0.4, 0.5) is 0 Å². The molecule has 0 radical (unpaired) electrons. The van der Waals surface area contributed by atoms with Crippen LogP contribution in [0.3, 0.4) is 0 Å². The predicted molar refractivity (Wildman–Crippen MR) is 79.1 cm³/mol. The molecule has 0 aliphatic heterocycles. The van der Waals surface area contributed by atoms with E-state index in [0.717, 1.165) is 17.4 Å². The summed E-state index contributed by atoms with van der Waals surface area (Å²) in [7, 11) is 2.07. The third-order valence-electron chi connectivity index (χ3n) is 4.69. The van der Waals surface area contributed by atoms with Crippen molar-refractivity contribution in [3.8, 4) is 0 Å². The van der Waals surface area contributed by atoms with Crippen LogP contribution in [-0.4, -0.2) is 7.05 Å². The second kappa shape index (κ2) is 5.38. The Labute approximate surface area is 115 Å². The van der Waals surface area contributed by atoms with Crippen LogP contribution in [0, 0.1) is 11.8 Å². The number of para-hydroxylation sites is 1. The zero-order chi connectivity index (χ0) is 13.2. The van der Waals surface area contributed by atoms with Crippen LogP contribution in [0.1, 0.15) is 44.2 Å². The topological polar surface area (TPSA) is 25.2 Å². The van der Waals surface area contributed by atoms with Crippen LogP contribution in [0.5, 0.6) is 0 Å². The van der Waals surface area contributed by atoms with Gasteiger partial charge in [-0.15, -0.1) is 0 Å². The summed E-state index contributed by atoms with van der Waals surface area (Å²) in [5.41, 5.74) is 2.33. The van der Waals surface area contributed by atoms with Crippen molar-refractivity contribution < 1.29 is 4.42 Å². The van der Waals surface area contributed by atoms with E-state index in [1.807, 2.05) is 12.3 Å². The highest BCUT2D eigenvalue weighted by atomic mass is 16.3. The van der Waals surface area contributed by atoms with E-state index >= 15 is 0 Å². The van der Waals surface area contributed by atoms with Crippen LogP contribution in [-0.2, 0) is 0 Å². The fourth-order valence-electron chi connectivity index (χ4n) is 3.50. The predicted octanol–water partition coefficient (Wildman–Crippen LogP) is 4.52. The molecule has 19 heavy (non-hydrogen) atoms. The highest BCUT2D eigenvalue weighted by molar-refractivity contribution is 5.81. The molecule has 0 saturated heterocycles. The molecule has 1 heterocycles. The normalized spacial score (nSPS) is 25.6. The molecule has 1 aliphatic carbocycles. The summed E-state index contributed by atoms with van der Waals surface area (Å²) in [5.74, 6) is 1.64. The monoisotopic (exact) mass is 257 g/mol. The molecular weight excluding hydrogens is 234 g/mol. The van der Waals surface area contributed by atoms with Gasteiger partial charge in [-0.3, -0.25) is 0 Å². The quantitative estimate of drug-likeness (QED) is 0.874. The van der Waals surface area contributed by atoms with Crippen LogP contribution >= 0.6 is 0 Å². The van der Waals surface area contributed by atoms with Gasteiger partial charge >= 0.3 is 0 Å². The summed E-state index contributed by atoms with van der Waals surface area (Å²) >= 11 is 0. The summed E-state index contributed by atoms with van der Waals surface area (Å²) in [6.07, 6.45) is 7.32. The first-order valence-corrected chi connectivity index (χ1v) is 7.43. The van der Waals surface area contributed by atoms with E-state index in [0.29, 0.717) is 6.04 Å². The lowest BCUT2D eigenvalue weighted by Crippen LogP contribution is -2.28. The molecular formula is C17H23NO. The van der Waals surface area contributed by atoms with E-state index in [4.69, 9.17) is 4.42 Å². The Kier molecular flexibility index (Phi) is 3.61. The molecule has 1 saturated carbocycles. The van der Waals surface area contributed by atoms with Gasteiger partial charge in [-0.1, -0.05) is 38.0 Å². The third-order valence-corrected chi connectivity index (χ3v) is 4.69. The van der Waals surface area contributed by atoms with Crippen LogP contribution in [0.25, 0.3) is 11.0 Å². The SMILES string of the molecule is CNC(c1coc2ccccc12)C1CCC(C)CC1. The molecule has 1 aromatic heterocycles. The van der Waals surface area contributed by atoms with Gasteiger partial charge in [-0.2, -0.15) is 0 Å². The van der Waals surface area contributed by atoms with Gasteiger partial charge in [0.05, 0.1) is 6.26 Å². The van der Waals surface area contributed by atoms with Crippen molar-refractivity contribution in [3.63, 3.8) is 0 Å². The largest absolute Gasteiger partial charge is 0.464 e. The number of furan rings is 1. The molecule has 2 heteroatoms. The van der Waals surface area contributed by atoms with Crippen molar-refractivity contribution in [3.05, 3.63) is 36.1 Å². The average molecular weight is 257 g/mol. The van der Waals surface area contributed by atoms with E-state index in [9.17, 15) is 0 Å². The number of fused-ring (bicyclic) bond motifs is 1. The van der Waals surface area contributed by atoms with Crippen molar-refractivity contribution in [1.82, 2.24) is 5.32 Å². The van der Waals surface area contributed by atoms with E-state index in [1.165, 1.54) is 36.6 Å². The molecule has 1 atom stereocenters. The van der Waals surface area contributed by atoms with Crippen molar-refractivity contribution in [2.24, 2.45) is 11.8 Å². The number of nitrogens with one attached hydrogen (secondary N) is 1. The molecule has 1 fully saturated rings. The van der Waals surface area contributed by atoms with E-state index in [2.05, 4.69) is 37.5 Å². The lowest BCUT2D eigenvalue weighted by Gasteiger charge is -2.32. The molecule has 0 spiro atoms. The summed E-state index contributed by atoms with van der Waals surface area (Å²) in [6, 6.07) is 8.78. The standard InChI is InChI=1S/C17H23NO/c1-12-7-9-13(10-8-12)17(18-2)15-11-19-16-6-4-3-5-14(15)16/h3-6,11-13,17-18H,7-10H2,1-2H3.